The molecule has 0 aliphatic heterocycles. The van der Waals surface area contributed by atoms with E-state index < -0.39 is 18.0 Å². The van der Waals surface area contributed by atoms with Crippen LogP contribution in [0.2, 0.25) is 0 Å². The quantitative estimate of drug-likeness (QED) is 0.641. The fourth-order valence-electron chi connectivity index (χ4n) is 1.28. The van der Waals surface area contributed by atoms with E-state index in [1.165, 1.54) is 11.8 Å². The number of carbonyl (C=O) groups excluding carboxylic acids is 2. The molecule has 0 unspecified atom stereocenters. The number of carboxylic acids is 1. The molecule has 2 amide bonds. The largest absolute Gasteiger partial charge is 0.479 e. The zero-order valence-electron chi connectivity index (χ0n) is 11.8. The summed E-state index contributed by atoms with van der Waals surface area (Å²) in [6, 6.07) is 0.00425. The van der Waals surface area contributed by atoms with Gasteiger partial charge in [-0.15, -0.1) is 0 Å². The standard InChI is InChI=1S/C12H22N2O5/c1-5-14(6-10(15)13-8(2)3)11(16)7-19-9(4)12(17)18/h8-9H,5-7H2,1-4H3,(H,13,15)(H,17,18)/t9-/m0/s1. The number of carbonyl (C=O) groups is 3. The Morgan fingerprint density at radius 1 is 1.26 bits per heavy atom. The minimum absolute atomic E-state index is 0.00425. The molecule has 0 aliphatic carbocycles. The van der Waals surface area contributed by atoms with Gasteiger partial charge in [0.2, 0.25) is 11.8 Å². The first-order valence-electron chi connectivity index (χ1n) is 6.19. The van der Waals surface area contributed by atoms with Crippen molar-refractivity contribution in [3.8, 4) is 0 Å². The minimum Gasteiger partial charge on any atom is -0.479 e. The molecule has 7 heteroatoms. The molecule has 1 atom stereocenters. The van der Waals surface area contributed by atoms with E-state index in [0.29, 0.717) is 6.54 Å². The predicted octanol–water partition coefficient (Wildman–Crippen LogP) is -0.151. The topological polar surface area (TPSA) is 95.9 Å². The maximum atomic E-state index is 11.8. The van der Waals surface area contributed by atoms with Gasteiger partial charge in [0.05, 0.1) is 6.54 Å². The van der Waals surface area contributed by atoms with Crippen molar-refractivity contribution in [3.63, 3.8) is 0 Å². The molecule has 0 rings (SSSR count). The third-order valence-corrected chi connectivity index (χ3v) is 2.32. The lowest BCUT2D eigenvalue weighted by molar-refractivity contribution is -0.153. The van der Waals surface area contributed by atoms with Crippen molar-refractivity contribution in [3.05, 3.63) is 0 Å². The first-order chi connectivity index (χ1) is 8.77. The molecule has 0 aromatic carbocycles. The van der Waals surface area contributed by atoms with Gasteiger partial charge in [0.15, 0.2) is 6.10 Å². The van der Waals surface area contributed by atoms with Gasteiger partial charge in [0, 0.05) is 12.6 Å². The number of rotatable bonds is 8. The van der Waals surface area contributed by atoms with Crippen molar-refractivity contribution in [2.45, 2.75) is 39.8 Å². The molecule has 7 nitrogen and oxygen atoms in total. The summed E-state index contributed by atoms with van der Waals surface area (Å²) in [4.78, 5) is 35.1. The summed E-state index contributed by atoms with van der Waals surface area (Å²) in [7, 11) is 0. The van der Waals surface area contributed by atoms with E-state index in [1.807, 2.05) is 13.8 Å². The Morgan fingerprint density at radius 3 is 2.26 bits per heavy atom. The Kier molecular flexibility index (Phi) is 7.74. The van der Waals surface area contributed by atoms with Crippen molar-refractivity contribution in [1.82, 2.24) is 10.2 Å². The second-order valence-corrected chi connectivity index (χ2v) is 4.42. The van der Waals surface area contributed by atoms with E-state index in [-0.39, 0.29) is 25.1 Å². The van der Waals surface area contributed by atoms with E-state index in [9.17, 15) is 14.4 Å². The van der Waals surface area contributed by atoms with Gasteiger partial charge in [-0.3, -0.25) is 9.59 Å². The van der Waals surface area contributed by atoms with Gasteiger partial charge in [-0.1, -0.05) is 0 Å². The van der Waals surface area contributed by atoms with Crippen LogP contribution in [0.3, 0.4) is 0 Å². The van der Waals surface area contributed by atoms with Crippen LogP contribution < -0.4 is 5.32 Å². The highest BCUT2D eigenvalue weighted by atomic mass is 16.5. The van der Waals surface area contributed by atoms with Crippen LogP contribution in [0.5, 0.6) is 0 Å². The van der Waals surface area contributed by atoms with E-state index in [4.69, 9.17) is 9.84 Å². The number of hydrogen-bond acceptors (Lipinski definition) is 4. The molecule has 0 aromatic rings. The summed E-state index contributed by atoms with van der Waals surface area (Å²) in [6.07, 6.45) is -1.05. The number of amides is 2. The van der Waals surface area contributed by atoms with Crippen LogP contribution >= 0.6 is 0 Å². The Bertz CT molecular complexity index is 330. The van der Waals surface area contributed by atoms with Crippen molar-refractivity contribution in [2.24, 2.45) is 0 Å². The monoisotopic (exact) mass is 274 g/mol. The normalized spacial score (nSPS) is 12.1. The smallest absolute Gasteiger partial charge is 0.332 e. The van der Waals surface area contributed by atoms with E-state index in [0.717, 1.165) is 0 Å². The van der Waals surface area contributed by atoms with Crippen LogP contribution in [0.25, 0.3) is 0 Å². The van der Waals surface area contributed by atoms with Gasteiger partial charge in [-0.25, -0.2) is 4.79 Å². The summed E-state index contributed by atoms with van der Waals surface area (Å²) in [6.45, 7) is 6.68. The Labute approximate surface area is 112 Å². The van der Waals surface area contributed by atoms with E-state index in [2.05, 4.69) is 5.32 Å². The molecule has 110 valence electrons. The molecule has 19 heavy (non-hydrogen) atoms. The van der Waals surface area contributed by atoms with E-state index >= 15 is 0 Å². The predicted molar refractivity (Wildman–Crippen MR) is 68.6 cm³/mol. The molecule has 0 radical (unpaired) electrons. The zero-order chi connectivity index (χ0) is 15.0. The maximum Gasteiger partial charge on any atom is 0.332 e. The third kappa shape index (κ3) is 7.40. The molecular formula is C12H22N2O5. The number of nitrogens with one attached hydrogen (secondary N) is 1. The lowest BCUT2D eigenvalue weighted by Crippen LogP contribution is -2.44. The first-order valence-corrected chi connectivity index (χ1v) is 6.19. The molecule has 0 aromatic heterocycles. The average molecular weight is 274 g/mol. The number of aliphatic carboxylic acids is 1. The van der Waals surface area contributed by atoms with Gasteiger partial charge < -0.3 is 20.1 Å². The van der Waals surface area contributed by atoms with Crippen molar-refractivity contribution in [1.29, 1.82) is 0 Å². The number of ether oxygens (including phenoxy) is 1. The Morgan fingerprint density at radius 2 is 1.84 bits per heavy atom. The molecule has 0 saturated heterocycles. The highest BCUT2D eigenvalue weighted by Gasteiger charge is 2.19. The summed E-state index contributed by atoms with van der Waals surface area (Å²) in [5, 5.41) is 11.3. The summed E-state index contributed by atoms with van der Waals surface area (Å²) >= 11 is 0. The van der Waals surface area contributed by atoms with Crippen LogP contribution in [0.15, 0.2) is 0 Å². The van der Waals surface area contributed by atoms with Gasteiger partial charge in [0.1, 0.15) is 6.61 Å². The summed E-state index contributed by atoms with van der Waals surface area (Å²) in [5.41, 5.74) is 0. The van der Waals surface area contributed by atoms with Crippen LogP contribution in [0.4, 0.5) is 0 Å². The average Bonchev–Trinajstić information content (AvgIpc) is 2.31. The number of carboxylic acid groups (broad SMARTS) is 1. The highest BCUT2D eigenvalue weighted by molar-refractivity contribution is 5.85. The Balaban J connectivity index is 4.25. The lowest BCUT2D eigenvalue weighted by Gasteiger charge is -2.21. The van der Waals surface area contributed by atoms with Gasteiger partial charge in [-0.05, 0) is 27.7 Å². The number of hydrogen-bond donors (Lipinski definition) is 2. The van der Waals surface area contributed by atoms with Crippen molar-refractivity contribution >= 4 is 17.8 Å². The van der Waals surface area contributed by atoms with Crippen LogP contribution in [-0.2, 0) is 19.1 Å². The third-order valence-electron chi connectivity index (χ3n) is 2.32. The lowest BCUT2D eigenvalue weighted by atomic mass is 10.3. The molecule has 0 fully saturated rings. The van der Waals surface area contributed by atoms with E-state index in [1.54, 1.807) is 6.92 Å². The second-order valence-electron chi connectivity index (χ2n) is 4.42. The molecule has 0 heterocycles. The van der Waals surface area contributed by atoms with Gasteiger partial charge >= 0.3 is 5.97 Å². The van der Waals surface area contributed by atoms with Gasteiger partial charge in [-0.2, -0.15) is 0 Å². The highest BCUT2D eigenvalue weighted by Crippen LogP contribution is 1.96. The first kappa shape index (κ1) is 17.4. The second kappa shape index (κ2) is 8.47. The molecule has 0 aliphatic rings. The SMILES string of the molecule is CCN(CC(=O)NC(C)C)C(=O)CO[C@@H](C)C(=O)O. The fourth-order valence-corrected chi connectivity index (χ4v) is 1.28. The summed E-state index contributed by atoms with van der Waals surface area (Å²) < 4.78 is 4.89. The number of nitrogens with zero attached hydrogens (tertiary/aromatic N) is 1. The maximum absolute atomic E-state index is 11.8. The van der Waals surface area contributed by atoms with Crippen LogP contribution in [0, 0.1) is 0 Å². The molecule has 0 saturated carbocycles. The van der Waals surface area contributed by atoms with Crippen molar-refractivity contribution < 1.29 is 24.2 Å². The van der Waals surface area contributed by atoms with Crippen LogP contribution in [-0.4, -0.2) is 59.6 Å². The van der Waals surface area contributed by atoms with Crippen molar-refractivity contribution in [2.75, 3.05) is 19.7 Å². The minimum atomic E-state index is -1.13. The van der Waals surface area contributed by atoms with Gasteiger partial charge in [0.25, 0.3) is 0 Å². The molecule has 0 spiro atoms. The molecule has 2 N–H and O–H groups in total. The summed E-state index contributed by atoms with van der Waals surface area (Å²) in [5.74, 6) is -1.79. The Hall–Kier alpha value is -1.63. The zero-order valence-corrected chi connectivity index (χ0v) is 11.8. The van der Waals surface area contributed by atoms with Crippen LogP contribution in [0.1, 0.15) is 27.7 Å². The molecular weight excluding hydrogens is 252 g/mol. The molecule has 0 bridgehead atoms. The fraction of sp³-hybridized carbons (Fsp3) is 0.750. The number of likely N-dealkylation sites (N-methyl/N-ethyl adjacent to an activating group) is 1.